The number of fused-ring (bicyclic) bond motifs is 9. The summed E-state index contributed by atoms with van der Waals surface area (Å²) < 4.78 is 4.98. The first-order valence-electron chi connectivity index (χ1n) is 15.9. The van der Waals surface area contributed by atoms with Gasteiger partial charge in [-0.1, -0.05) is 140 Å². The van der Waals surface area contributed by atoms with Gasteiger partial charge in [0.25, 0.3) is 0 Å². The van der Waals surface area contributed by atoms with Gasteiger partial charge >= 0.3 is 0 Å². The number of benzene rings is 8. The molecule has 0 spiro atoms. The normalized spacial score (nSPS) is 11.9. The fraction of sp³-hybridized carbons (Fsp3) is 0. The zero-order valence-corrected chi connectivity index (χ0v) is 25.1. The lowest BCUT2D eigenvalue weighted by atomic mass is 9.90. The summed E-state index contributed by atoms with van der Waals surface area (Å²) in [6.07, 6.45) is 0. The molecule has 2 heterocycles. The van der Waals surface area contributed by atoms with Crippen molar-refractivity contribution in [1.29, 1.82) is 0 Å². The molecule has 0 aliphatic heterocycles. The number of hydrogen-bond acceptors (Lipinski definition) is 0. The molecule has 0 N–H and O–H groups in total. The Morgan fingerprint density at radius 1 is 0.304 bits per heavy atom. The summed E-state index contributed by atoms with van der Waals surface area (Å²) in [5.74, 6) is 0. The molecular weight excluding hydrogens is 556 g/mol. The third kappa shape index (κ3) is 3.41. The molecule has 46 heavy (non-hydrogen) atoms. The highest BCUT2D eigenvalue weighted by Crippen LogP contribution is 2.46. The molecular formula is C44H28N2. The van der Waals surface area contributed by atoms with E-state index in [9.17, 15) is 0 Å². The molecule has 0 saturated carbocycles. The largest absolute Gasteiger partial charge is 0.309 e. The van der Waals surface area contributed by atoms with Gasteiger partial charge in [-0.05, 0) is 52.2 Å². The molecule has 214 valence electrons. The Bertz CT molecular complexity index is 2730. The van der Waals surface area contributed by atoms with Crippen LogP contribution in [0.15, 0.2) is 170 Å². The van der Waals surface area contributed by atoms with Crippen LogP contribution in [0.25, 0.3) is 87.7 Å². The molecule has 0 amide bonds. The number of rotatable bonds is 3. The predicted molar refractivity (Wildman–Crippen MR) is 196 cm³/mol. The minimum absolute atomic E-state index is 1.17. The Kier molecular flexibility index (Phi) is 5.31. The van der Waals surface area contributed by atoms with Gasteiger partial charge in [0.1, 0.15) is 0 Å². The summed E-state index contributed by atoms with van der Waals surface area (Å²) in [7, 11) is 0. The molecule has 0 atom stereocenters. The van der Waals surface area contributed by atoms with Crippen molar-refractivity contribution >= 4 is 65.2 Å². The highest BCUT2D eigenvalue weighted by molar-refractivity contribution is 6.28. The minimum Gasteiger partial charge on any atom is -0.309 e. The van der Waals surface area contributed by atoms with Crippen LogP contribution in [0.4, 0.5) is 0 Å². The maximum atomic E-state index is 2.56. The van der Waals surface area contributed by atoms with Crippen LogP contribution >= 0.6 is 0 Å². The summed E-state index contributed by atoms with van der Waals surface area (Å²) in [6, 6.07) is 61.9. The van der Waals surface area contributed by atoms with Crippen molar-refractivity contribution in [2.45, 2.75) is 0 Å². The zero-order valence-electron chi connectivity index (χ0n) is 25.1. The second-order valence-electron chi connectivity index (χ2n) is 12.1. The van der Waals surface area contributed by atoms with Gasteiger partial charge < -0.3 is 9.13 Å². The fourth-order valence-electron chi connectivity index (χ4n) is 7.86. The van der Waals surface area contributed by atoms with E-state index in [4.69, 9.17) is 0 Å². The molecule has 0 radical (unpaired) electrons. The Morgan fingerprint density at radius 2 is 0.804 bits per heavy atom. The highest BCUT2D eigenvalue weighted by Gasteiger charge is 2.24. The van der Waals surface area contributed by atoms with E-state index in [0.717, 1.165) is 0 Å². The second-order valence-corrected chi connectivity index (χ2v) is 12.1. The van der Waals surface area contributed by atoms with Gasteiger partial charge in [0.05, 0.1) is 27.8 Å². The van der Waals surface area contributed by atoms with Gasteiger partial charge in [-0.25, -0.2) is 0 Å². The highest BCUT2D eigenvalue weighted by atomic mass is 15.0. The molecule has 0 aliphatic carbocycles. The number of para-hydroxylation sites is 3. The summed E-state index contributed by atoms with van der Waals surface area (Å²) in [6.45, 7) is 0. The van der Waals surface area contributed by atoms with E-state index < -0.39 is 0 Å². The maximum absolute atomic E-state index is 2.56. The van der Waals surface area contributed by atoms with Crippen LogP contribution < -0.4 is 0 Å². The van der Waals surface area contributed by atoms with E-state index in [1.165, 1.54) is 87.7 Å². The summed E-state index contributed by atoms with van der Waals surface area (Å²) in [5, 5.41) is 10.0. The average Bonchev–Trinajstić information content (AvgIpc) is 3.64. The van der Waals surface area contributed by atoms with Crippen molar-refractivity contribution in [3.8, 4) is 22.5 Å². The Hall–Kier alpha value is -6.12. The Morgan fingerprint density at radius 3 is 1.46 bits per heavy atom. The predicted octanol–water partition coefficient (Wildman–Crippen LogP) is 11.9. The summed E-state index contributed by atoms with van der Waals surface area (Å²) in [5.41, 5.74) is 9.77. The SMILES string of the molecule is c1ccc(-c2c3ccccc3c(-n3c4ccccc4c4ccc5c(c6ccccc6n5-c5ccccc5)c43)c3ccccc23)cc1. The molecule has 0 fully saturated rings. The quantitative estimate of drug-likeness (QED) is 0.183. The first-order chi connectivity index (χ1) is 22.9. The van der Waals surface area contributed by atoms with E-state index >= 15 is 0 Å². The van der Waals surface area contributed by atoms with Crippen LogP contribution in [0.3, 0.4) is 0 Å². The number of aromatic nitrogens is 2. The van der Waals surface area contributed by atoms with E-state index in [1.807, 2.05) is 0 Å². The molecule has 10 aromatic rings. The molecule has 0 bridgehead atoms. The van der Waals surface area contributed by atoms with Crippen LogP contribution in [0.2, 0.25) is 0 Å². The van der Waals surface area contributed by atoms with Gasteiger partial charge in [0.2, 0.25) is 0 Å². The van der Waals surface area contributed by atoms with Crippen molar-refractivity contribution in [1.82, 2.24) is 9.13 Å². The molecule has 2 aromatic heterocycles. The van der Waals surface area contributed by atoms with Crippen LogP contribution in [0.5, 0.6) is 0 Å². The molecule has 10 rings (SSSR count). The van der Waals surface area contributed by atoms with Crippen molar-refractivity contribution < 1.29 is 0 Å². The van der Waals surface area contributed by atoms with Crippen molar-refractivity contribution in [3.63, 3.8) is 0 Å². The third-order valence-electron chi connectivity index (χ3n) is 9.67. The topological polar surface area (TPSA) is 9.86 Å². The summed E-state index contributed by atoms with van der Waals surface area (Å²) >= 11 is 0. The first kappa shape index (κ1) is 25.2. The lowest BCUT2D eigenvalue weighted by Gasteiger charge is -2.20. The Labute approximate surface area is 266 Å². The molecule has 0 saturated heterocycles. The van der Waals surface area contributed by atoms with E-state index in [1.54, 1.807) is 0 Å². The third-order valence-corrected chi connectivity index (χ3v) is 9.67. The van der Waals surface area contributed by atoms with Gasteiger partial charge in [0.15, 0.2) is 0 Å². The lowest BCUT2D eigenvalue weighted by molar-refractivity contribution is 1.18. The van der Waals surface area contributed by atoms with Crippen LogP contribution in [0.1, 0.15) is 0 Å². The minimum atomic E-state index is 1.17. The van der Waals surface area contributed by atoms with E-state index in [-0.39, 0.29) is 0 Å². The smallest absolute Gasteiger partial charge is 0.0641 e. The van der Waals surface area contributed by atoms with Gasteiger partial charge in [-0.15, -0.1) is 0 Å². The zero-order chi connectivity index (χ0) is 30.2. The van der Waals surface area contributed by atoms with Gasteiger partial charge in [-0.2, -0.15) is 0 Å². The number of hydrogen-bond donors (Lipinski definition) is 0. The fourth-order valence-corrected chi connectivity index (χ4v) is 7.86. The monoisotopic (exact) mass is 584 g/mol. The van der Waals surface area contributed by atoms with Gasteiger partial charge in [0, 0.05) is 38.0 Å². The Balaban J connectivity index is 1.47. The van der Waals surface area contributed by atoms with Crippen LogP contribution in [0, 0.1) is 0 Å². The molecule has 0 unspecified atom stereocenters. The van der Waals surface area contributed by atoms with Crippen molar-refractivity contribution in [2.24, 2.45) is 0 Å². The van der Waals surface area contributed by atoms with E-state index in [0.29, 0.717) is 0 Å². The average molecular weight is 585 g/mol. The maximum Gasteiger partial charge on any atom is 0.0641 e. The molecule has 8 aromatic carbocycles. The molecule has 2 nitrogen and oxygen atoms in total. The first-order valence-corrected chi connectivity index (χ1v) is 15.9. The van der Waals surface area contributed by atoms with Crippen molar-refractivity contribution in [2.75, 3.05) is 0 Å². The van der Waals surface area contributed by atoms with Crippen LogP contribution in [-0.2, 0) is 0 Å². The lowest BCUT2D eigenvalue weighted by Crippen LogP contribution is -1.99. The van der Waals surface area contributed by atoms with Gasteiger partial charge in [-0.3, -0.25) is 0 Å². The van der Waals surface area contributed by atoms with Crippen molar-refractivity contribution in [3.05, 3.63) is 170 Å². The van der Waals surface area contributed by atoms with Crippen LogP contribution in [-0.4, -0.2) is 9.13 Å². The second kappa shape index (κ2) is 9.69. The summed E-state index contributed by atoms with van der Waals surface area (Å²) in [4.78, 5) is 0. The molecule has 0 aliphatic rings. The van der Waals surface area contributed by atoms with E-state index in [2.05, 4.69) is 179 Å². The molecule has 2 heteroatoms. The standard InChI is InChI=1S/C44H28N2/c1-3-15-29(16-4-1)41-32-20-7-9-22-34(32)43(35-23-10-8-21-33(35)41)46-38-25-13-11-19-31(38)36-27-28-40-42(44(36)46)37-24-12-14-26-39(37)45(40)30-17-5-2-6-18-30/h1-28H. The number of nitrogens with zero attached hydrogens (tertiary/aromatic N) is 2.